The third-order valence-corrected chi connectivity index (χ3v) is 3.55. The van der Waals surface area contributed by atoms with Crippen molar-refractivity contribution >= 4 is 0 Å². The second-order valence-corrected chi connectivity index (χ2v) is 5.50. The molecule has 0 saturated carbocycles. The van der Waals surface area contributed by atoms with Crippen molar-refractivity contribution in [3.8, 4) is 0 Å². The highest BCUT2D eigenvalue weighted by Crippen LogP contribution is 2.19. The van der Waals surface area contributed by atoms with Gasteiger partial charge in [-0.25, -0.2) is 0 Å². The molecule has 3 atom stereocenters. The molecule has 17 heavy (non-hydrogen) atoms. The number of hydrogen-bond acceptors (Lipinski definition) is 4. The number of methoxy groups -OCH3 is 2. The normalized spacial score (nSPS) is 27.9. The Hall–Kier alpha value is -0.160. The number of ether oxygens (including phenoxy) is 2. The highest BCUT2D eigenvalue weighted by molar-refractivity contribution is 4.86. The summed E-state index contributed by atoms with van der Waals surface area (Å²) in [5.41, 5.74) is 5.84. The second kappa shape index (κ2) is 7.31. The predicted octanol–water partition coefficient (Wildman–Crippen LogP) is 0.953. The van der Waals surface area contributed by atoms with E-state index in [-0.39, 0.29) is 12.2 Å². The maximum atomic E-state index is 5.84. The molecule has 3 unspecified atom stereocenters. The number of hydrogen-bond donors (Lipinski definition) is 1. The van der Waals surface area contributed by atoms with Gasteiger partial charge in [-0.2, -0.15) is 0 Å². The van der Waals surface area contributed by atoms with Gasteiger partial charge in [-0.15, -0.1) is 0 Å². The number of nitrogens with zero attached hydrogens (tertiary/aromatic N) is 1. The minimum atomic E-state index is 0.206. The molecule has 2 N–H and O–H groups in total. The van der Waals surface area contributed by atoms with Crippen molar-refractivity contribution < 1.29 is 9.47 Å². The van der Waals surface area contributed by atoms with Gasteiger partial charge in [0, 0.05) is 33.9 Å². The Labute approximate surface area is 105 Å². The predicted molar refractivity (Wildman–Crippen MR) is 70.0 cm³/mol. The van der Waals surface area contributed by atoms with Crippen molar-refractivity contribution in [2.45, 2.75) is 32.5 Å². The number of rotatable bonds is 7. The molecule has 4 heteroatoms. The molecule has 0 bridgehead atoms. The van der Waals surface area contributed by atoms with Crippen LogP contribution < -0.4 is 5.73 Å². The zero-order chi connectivity index (χ0) is 12.8. The van der Waals surface area contributed by atoms with Crippen LogP contribution in [0, 0.1) is 11.8 Å². The lowest BCUT2D eigenvalue weighted by molar-refractivity contribution is -0.00461. The molecule has 0 aromatic rings. The van der Waals surface area contributed by atoms with E-state index < -0.39 is 0 Å². The first-order valence-corrected chi connectivity index (χ1v) is 6.58. The van der Waals surface area contributed by atoms with Gasteiger partial charge < -0.3 is 15.2 Å². The van der Waals surface area contributed by atoms with E-state index in [2.05, 4.69) is 18.7 Å². The zero-order valence-corrected chi connectivity index (χ0v) is 11.7. The summed E-state index contributed by atoms with van der Waals surface area (Å²) in [5.74, 6) is 1.30. The fourth-order valence-electron chi connectivity index (χ4n) is 2.70. The molecule has 1 aliphatic rings. The number of likely N-dealkylation sites (tertiary alicyclic amines) is 1. The van der Waals surface area contributed by atoms with Gasteiger partial charge in [0.25, 0.3) is 0 Å². The Morgan fingerprint density at radius 1 is 1.18 bits per heavy atom. The smallest absolute Gasteiger partial charge is 0.0971 e. The molecule has 0 amide bonds. The molecule has 0 aliphatic carbocycles. The average Bonchev–Trinajstić information content (AvgIpc) is 2.69. The van der Waals surface area contributed by atoms with Crippen LogP contribution in [0.5, 0.6) is 0 Å². The molecule has 1 fully saturated rings. The lowest BCUT2D eigenvalue weighted by Gasteiger charge is -2.23. The first kappa shape index (κ1) is 14.9. The summed E-state index contributed by atoms with van der Waals surface area (Å²) in [5, 5.41) is 0. The highest BCUT2D eigenvalue weighted by atomic mass is 16.5. The largest absolute Gasteiger partial charge is 0.377 e. The Morgan fingerprint density at radius 2 is 1.71 bits per heavy atom. The van der Waals surface area contributed by atoms with Crippen LogP contribution in [0.4, 0.5) is 0 Å². The van der Waals surface area contributed by atoms with Crippen molar-refractivity contribution in [2.24, 2.45) is 17.6 Å². The molecular weight excluding hydrogens is 216 g/mol. The molecule has 1 rings (SSSR count). The van der Waals surface area contributed by atoms with Crippen molar-refractivity contribution in [2.75, 3.05) is 40.4 Å². The van der Waals surface area contributed by atoms with Crippen LogP contribution in [0.2, 0.25) is 0 Å². The Balaban J connectivity index is 2.41. The van der Waals surface area contributed by atoms with E-state index in [0.29, 0.717) is 11.8 Å². The van der Waals surface area contributed by atoms with Gasteiger partial charge in [-0.3, -0.25) is 4.90 Å². The standard InChI is InChI=1S/C13H28N2O2/c1-10(2)5-11(6-14)7-15-8-12(16-3)13(9-15)17-4/h10-13H,5-9,14H2,1-4H3. The van der Waals surface area contributed by atoms with Crippen LogP contribution in [-0.4, -0.2) is 57.5 Å². The molecule has 1 saturated heterocycles. The highest BCUT2D eigenvalue weighted by Gasteiger charge is 2.33. The molecule has 1 heterocycles. The van der Waals surface area contributed by atoms with Gasteiger partial charge in [0.1, 0.15) is 0 Å². The van der Waals surface area contributed by atoms with E-state index in [0.717, 1.165) is 26.2 Å². The summed E-state index contributed by atoms with van der Waals surface area (Å²) < 4.78 is 10.9. The summed E-state index contributed by atoms with van der Waals surface area (Å²) in [4.78, 5) is 2.42. The first-order chi connectivity index (χ1) is 8.10. The SMILES string of the molecule is COC1CN(CC(CN)CC(C)C)CC1OC. The van der Waals surface area contributed by atoms with Crippen LogP contribution in [-0.2, 0) is 9.47 Å². The fourth-order valence-corrected chi connectivity index (χ4v) is 2.70. The zero-order valence-electron chi connectivity index (χ0n) is 11.7. The van der Waals surface area contributed by atoms with Crippen molar-refractivity contribution in [3.05, 3.63) is 0 Å². The third kappa shape index (κ3) is 4.54. The second-order valence-electron chi connectivity index (χ2n) is 5.50. The minimum Gasteiger partial charge on any atom is -0.377 e. The van der Waals surface area contributed by atoms with Crippen LogP contribution in [0.1, 0.15) is 20.3 Å². The quantitative estimate of drug-likeness (QED) is 0.724. The van der Waals surface area contributed by atoms with Crippen molar-refractivity contribution in [1.29, 1.82) is 0 Å². The van der Waals surface area contributed by atoms with Crippen molar-refractivity contribution in [3.63, 3.8) is 0 Å². The van der Waals surface area contributed by atoms with E-state index in [1.54, 1.807) is 14.2 Å². The van der Waals surface area contributed by atoms with E-state index in [4.69, 9.17) is 15.2 Å². The summed E-state index contributed by atoms with van der Waals surface area (Å²) >= 11 is 0. The fraction of sp³-hybridized carbons (Fsp3) is 1.00. The van der Waals surface area contributed by atoms with Gasteiger partial charge in [0.05, 0.1) is 12.2 Å². The molecule has 1 aliphatic heterocycles. The maximum Gasteiger partial charge on any atom is 0.0971 e. The maximum absolute atomic E-state index is 5.84. The lowest BCUT2D eigenvalue weighted by Crippen LogP contribution is -2.33. The molecule has 0 radical (unpaired) electrons. The van der Waals surface area contributed by atoms with Crippen LogP contribution >= 0.6 is 0 Å². The Morgan fingerprint density at radius 3 is 2.06 bits per heavy atom. The number of nitrogens with two attached hydrogens (primary N) is 1. The molecular formula is C13H28N2O2. The van der Waals surface area contributed by atoms with Crippen molar-refractivity contribution in [1.82, 2.24) is 4.90 Å². The van der Waals surface area contributed by atoms with Gasteiger partial charge in [-0.1, -0.05) is 13.8 Å². The van der Waals surface area contributed by atoms with Gasteiger partial charge >= 0.3 is 0 Å². The topological polar surface area (TPSA) is 47.7 Å². The van der Waals surface area contributed by atoms with Crippen LogP contribution in [0.3, 0.4) is 0 Å². The van der Waals surface area contributed by atoms with E-state index >= 15 is 0 Å². The summed E-state index contributed by atoms with van der Waals surface area (Å²) in [6, 6.07) is 0. The monoisotopic (exact) mass is 244 g/mol. The summed E-state index contributed by atoms with van der Waals surface area (Å²) in [6.07, 6.45) is 1.61. The third-order valence-electron chi connectivity index (χ3n) is 3.55. The van der Waals surface area contributed by atoms with Gasteiger partial charge in [-0.05, 0) is 24.8 Å². The summed E-state index contributed by atoms with van der Waals surface area (Å²) in [6.45, 7) is 8.26. The van der Waals surface area contributed by atoms with E-state index in [9.17, 15) is 0 Å². The molecule has 0 aromatic heterocycles. The van der Waals surface area contributed by atoms with Crippen LogP contribution in [0.25, 0.3) is 0 Å². The molecule has 0 aromatic carbocycles. The summed E-state index contributed by atoms with van der Waals surface area (Å²) in [7, 11) is 3.52. The van der Waals surface area contributed by atoms with Gasteiger partial charge in [0.15, 0.2) is 0 Å². The molecule has 102 valence electrons. The van der Waals surface area contributed by atoms with Gasteiger partial charge in [0.2, 0.25) is 0 Å². The average molecular weight is 244 g/mol. The minimum absolute atomic E-state index is 0.206. The van der Waals surface area contributed by atoms with E-state index in [1.807, 2.05) is 0 Å². The lowest BCUT2D eigenvalue weighted by atomic mass is 9.97. The van der Waals surface area contributed by atoms with Crippen LogP contribution in [0.15, 0.2) is 0 Å². The Bertz CT molecular complexity index is 200. The van der Waals surface area contributed by atoms with E-state index in [1.165, 1.54) is 6.42 Å². The molecule has 0 spiro atoms. The Kier molecular flexibility index (Phi) is 6.41. The first-order valence-electron chi connectivity index (χ1n) is 6.58. The molecule has 4 nitrogen and oxygen atoms in total.